The highest BCUT2D eigenvalue weighted by molar-refractivity contribution is 6.18. The zero-order valence-corrected chi connectivity index (χ0v) is 16.3. The number of carbonyl (C=O) groups is 2. The van der Waals surface area contributed by atoms with Gasteiger partial charge in [-0.05, 0) is 42.3 Å². The fourth-order valence-corrected chi connectivity index (χ4v) is 3.20. The highest BCUT2D eigenvalue weighted by Crippen LogP contribution is 2.30. The van der Waals surface area contributed by atoms with Crippen LogP contribution in [-0.2, 0) is 9.59 Å². The number of aliphatic imine (C=N–C) groups is 1. The fourth-order valence-electron chi connectivity index (χ4n) is 3.20. The highest BCUT2D eigenvalue weighted by Gasteiger charge is 2.27. The Morgan fingerprint density at radius 1 is 1.13 bits per heavy atom. The number of carbonyl (C=O) groups excluding carboxylic acids is 2. The molecule has 1 aliphatic heterocycles. The fraction of sp³-hybridized carbons (Fsp3) is 0.130. The Balaban J connectivity index is 1.59. The van der Waals surface area contributed by atoms with E-state index in [2.05, 4.69) is 15.3 Å². The number of nitrogens with zero attached hydrogens (tertiary/aromatic N) is 3. The van der Waals surface area contributed by atoms with Gasteiger partial charge in [0.05, 0.1) is 12.1 Å². The minimum Gasteiger partial charge on any atom is -0.324 e. The molecule has 0 fully saturated rings. The molecule has 4 rings (SSSR count). The number of hydrogen-bond acceptors (Lipinski definition) is 4. The average molecular weight is 402 g/mol. The lowest BCUT2D eigenvalue weighted by molar-refractivity contribution is -0.120. The van der Waals surface area contributed by atoms with Crippen molar-refractivity contribution in [2.45, 2.75) is 13.3 Å². The number of aromatic nitrogens is 1. The van der Waals surface area contributed by atoms with Gasteiger partial charge in [0.25, 0.3) is 0 Å². The Labute approximate surface area is 173 Å². The third kappa shape index (κ3) is 4.10. The molecule has 0 atom stereocenters. The number of nitrogens with one attached hydrogen (secondary N) is 1. The van der Waals surface area contributed by atoms with Crippen molar-refractivity contribution < 1.29 is 14.0 Å². The maximum atomic E-state index is 13.8. The average Bonchev–Trinajstić information content (AvgIpc) is 2.88. The Morgan fingerprint density at radius 3 is 2.70 bits per heavy atom. The zero-order chi connectivity index (χ0) is 21.1. The van der Waals surface area contributed by atoms with Crippen LogP contribution in [0.25, 0.3) is 0 Å². The van der Waals surface area contributed by atoms with Crippen molar-refractivity contribution in [3.63, 3.8) is 0 Å². The topological polar surface area (TPSA) is 74.7 Å². The summed E-state index contributed by atoms with van der Waals surface area (Å²) in [6, 6.07) is 17.4. The molecule has 1 aromatic heterocycles. The van der Waals surface area contributed by atoms with Gasteiger partial charge in [0, 0.05) is 11.9 Å². The Kier molecular flexibility index (Phi) is 5.34. The van der Waals surface area contributed by atoms with Gasteiger partial charge >= 0.3 is 0 Å². The number of rotatable bonds is 4. The van der Waals surface area contributed by atoms with Crippen molar-refractivity contribution in [1.29, 1.82) is 0 Å². The monoisotopic (exact) mass is 402 g/mol. The van der Waals surface area contributed by atoms with Crippen molar-refractivity contribution in [2.24, 2.45) is 4.99 Å². The minimum absolute atomic E-state index is 0.0345. The van der Waals surface area contributed by atoms with Crippen LogP contribution in [-0.4, -0.2) is 29.1 Å². The van der Waals surface area contributed by atoms with Gasteiger partial charge < -0.3 is 5.32 Å². The van der Waals surface area contributed by atoms with Crippen molar-refractivity contribution in [1.82, 2.24) is 4.98 Å². The number of hydrogen-bond donors (Lipinski definition) is 1. The summed E-state index contributed by atoms with van der Waals surface area (Å²) in [6.45, 7) is 1.39. The maximum Gasteiger partial charge on any atom is 0.244 e. The highest BCUT2D eigenvalue weighted by atomic mass is 19.1. The molecule has 2 heterocycles. The van der Waals surface area contributed by atoms with Crippen molar-refractivity contribution >= 4 is 34.7 Å². The summed E-state index contributed by atoms with van der Waals surface area (Å²) in [5.74, 6) is -0.836. The van der Waals surface area contributed by atoms with Gasteiger partial charge in [0.1, 0.15) is 18.0 Å². The molecule has 150 valence electrons. The van der Waals surface area contributed by atoms with E-state index in [1.54, 1.807) is 37.4 Å². The van der Waals surface area contributed by atoms with Crippen LogP contribution < -0.4 is 10.2 Å². The second-order valence-corrected chi connectivity index (χ2v) is 6.94. The molecule has 0 saturated heterocycles. The SMILES string of the molecule is Cc1ccc(NC(=O)CN2C(=O)CC(c3ccccc3)=Nc3cccnc32)cc1F. The number of halogens is 1. The zero-order valence-electron chi connectivity index (χ0n) is 16.3. The second kappa shape index (κ2) is 8.24. The van der Waals surface area contributed by atoms with Gasteiger partial charge in [-0.15, -0.1) is 0 Å². The molecular weight excluding hydrogens is 383 g/mol. The molecule has 7 heteroatoms. The van der Waals surface area contributed by atoms with Crippen LogP contribution in [0.1, 0.15) is 17.5 Å². The van der Waals surface area contributed by atoms with Gasteiger partial charge in [-0.1, -0.05) is 36.4 Å². The van der Waals surface area contributed by atoms with E-state index in [-0.39, 0.29) is 18.9 Å². The standard InChI is InChI=1S/C23H19FN4O2/c1-15-9-10-17(12-18(15)24)26-21(29)14-28-22(30)13-20(16-6-3-2-4-7-16)27-19-8-5-11-25-23(19)28/h2-12H,13-14H2,1H3,(H,26,29). The van der Waals surface area contributed by atoms with Gasteiger partial charge in [0.15, 0.2) is 5.82 Å². The Morgan fingerprint density at radius 2 is 1.93 bits per heavy atom. The molecule has 1 N–H and O–H groups in total. The van der Waals surface area contributed by atoms with E-state index >= 15 is 0 Å². The molecule has 0 unspecified atom stereocenters. The molecule has 0 saturated carbocycles. The second-order valence-electron chi connectivity index (χ2n) is 6.94. The molecule has 2 aromatic carbocycles. The van der Waals surface area contributed by atoms with E-state index in [4.69, 9.17) is 0 Å². The molecule has 0 bridgehead atoms. The van der Waals surface area contributed by atoms with E-state index in [1.165, 1.54) is 11.0 Å². The summed E-state index contributed by atoms with van der Waals surface area (Å²) in [4.78, 5) is 35.8. The van der Waals surface area contributed by atoms with Crippen LogP contribution in [0, 0.1) is 12.7 Å². The first kappa shape index (κ1) is 19.4. The molecule has 2 amide bonds. The van der Waals surface area contributed by atoms with Crippen molar-refractivity contribution in [2.75, 3.05) is 16.8 Å². The van der Waals surface area contributed by atoms with Crippen molar-refractivity contribution in [3.05, 3.63) is 83.8 Å². The molecule has 0 radical (unpaired) electrons. The van der Waals surface area contributed by atoms with E-state index in [1.807, 2.05) is 30.3 Å². The van der Waals surface area contributed by atoms with Crippen molar-refractivity contribution in [3.8, 4) is 0 Å². The van der Waals surface area contributed by atoms with E-state index in [9.17, 15) is 14.0 Å². The number of fused-ring (bicyclic) bond motifs is 1. The largest absolute Gasteiger partial charge is 0.324 e. The molecule has 6 nitrogen and oxygen atoms in total. The summed E-state index contributed by atoms with van der Waals surface area (Å²) in [5.41, 5.74) is 2.77. The molecule has 3 aromatic rings. The normalized spacial score (nSPS) is 13.3. The van der Waals surface area contributed by atoms with Crippen LogP contribution in [0.3, 0.4) is 0 Å². The molecule has 30 heavy (non-hydrogen) atoms. The number of benzene rings is 2. The van der Waals surface area contributed by atoms with Gasteiger partial charge in [-0.25, -0.2) is 14.4 Å². The predicted molar refractivity (Wildman–Crippen MR) is 114 cm³/mol. The molecular formula is C23H19FN4O2. The minimum atomic E-state index is -0.452. The summed E-state index contributed by atoms with van der Waals surface area (Å²) < 4.78 is 13.8. The third-order valence-electron chi connectivity index (χ3n) is 4.76. The van der Waals surface area contributed by atoms with E-state index in [0.717, 1.165) is 5.56 Å². The lowest BCUT2D eigenvalue weighted by Gasteiger charge is -2.20. The summed E-state index contributed by atoms with van der Waals surface area (Å²) in [6.07, 6.45) is 1.59. The van der Waals surface area contributed by atoms with Gasteiger partial charge in [-0.3, -0.25) is 14.5 Å². The summed E-state index contributed by atoms with van der Waals surface area (Å²) in [7, 11) is 0. The first-order valence-corrected chi connectivity index (χ1v) is 9.45. The van der Waals surface area contributed by atoms with Crippen LogP contribution in [0.15, 0.2) is 71.9 Å². The van der Waals surface area contributed by atoms with Gasteiger partial charge in [-0.2, -0.15) is 0 Å². The van der Waals surface area contributed by atoms with Crippen LogP contribution in [0.5, 0.6) is 0 Å². The summed E-state index contributed by atoms with van der Waals surface area (Å²) in [5, 5.41) is 2.63. The lowest BCUT2D eigenvalue weighted by Crippen LogP contribution is -2.39. The van der Waals surface area contributed by atoms with Crippen LogP contribution in [0.2, 0.25) is 0 Å². The third-order valence-corrected chi connectivity index (χ3v) is 4.76. The number of anilines is 2. The van der Waals surface area contributed by atoms with Crippen LogP contribution in [0.4, 0.5) is 21.6 Å². The number of pyridine rings is 1. The van der Waals surface area contributed by atoms with E-state index < -0.39 is 11.7 Å². The Hall–Kier alpha value is -3.87. The number of amides is 2. The summed E-state index contributed by atoms with van der Waals surface area (Å²) >= 11 is 0. The first-order valence-electron chi connectivity index (χ1n) is 9.45. The van der Waals surface area contributed by atoms with Gasteiger partial charge in [0.2, 0.25) is 11.8 Å². The molecule has 0 spiro atoms. The maximum absolute atomic E-state index is 13.8. The first-order chi connectivity index (χ1) is 14.5. The predicted octanol–water partition coefficient (Wildman–Crippen LogP) is 4.03. The lowest BCUT2D eigenvalue weighted by atomic mass is 10.1. The molecule has 1 aliphatic rings. The number of aryl methyl sites for hydroxylation is 1. The molecule has 0 aliphatic carbocycles. The quantitative estimate of drug-likeness (QED) is 0.716. The van der Waals surface area contributed by atoms with E-state index in [0.29, 0.717) is 28.5 Å². The van der Waals surface area contributed by atoms with Crippen LogP contribution >= 0.6 is 0 Å². The Bertz CT molecular complexity index is 1140. The smallest absolute Gasteiger partial charge is 0.244 e.